The molecule has 0 aliphatic carbocycles. The van der Waals surface area contributed by atoms with E-state index >= 15 is 0 Å². The van der Waals surface area contributed by atoms with E-state index in [0.29, 0.717) is 0 Å². The van der Waals surface area contributed by atoms with Crippen LogP contribution in [0.25, 0.3) is 0 Å². The van der Waals surface area contributed by atoms with Crippen molar-refractivity contribution in [3.63, 3.8) is 0 Å². The van der Waals surface area contributed by atoms with Gasteiger partial charge in [0.2, 0.25) is 0 Å². The molecule has 1 unspecified atom stereocenters. The van der Waals surface area contributed by atoms with E-state index in [9.17, 15) is 5.11 Å². The van der Waals surface area contributed by atoms with Gasteiger partial charge in [0.15, 0.2) is 0 Å². The molecule has 0 aromatic heterocycles. The van der Waals surface area contributed by atoms with E-state index in [2.05, 4.69) is 43.1 Å². The molecule has 0 bridgehead atoms. The van der Waals surface area contributed by atoms with E-state index in [1.54, 1.807) is 0 Å². The Labute approximate surface area is 107 Å². The first-order chi connectivity index (χ1) is 8.13. The largest absolute Gasteiger partial charge is 0.395 e. The number of likely N-dealkylation sites (N-methyl/N-ethyl adjacent to an activating group) is 2. The zero-order valence-electron chi connectivity index (χ0n) is 12.1. The minimum absolute atomic E-state index is 0.238. The van der Waals surface area contributed by atoms with E-state index in [1.165, 1.54) is 6.42 Å². The average molecular weight is 245 g/mol. The van der Waals surface area contributed by atoms with Crippen LogP contribution in [0.5, 0.6) is 0 Å². The number of nitrogens with one attached hydrogen (secondary N) is 1. The summed E-state index contributed by atoms with van der Waals surface area (Å²) in [4.78, 5) is 4.70. The summed E-state index contributed by atoms with van der Waals surface area (Å²) in [5, 5.41) is 12.5. The first kappa shape index (κ1) is 16.8. The van der Waals surface area contributed by atoms with Gasteiger partial charge in [-0.25, -0.2) is 0 Å². The maximum atomic E-state index is 9.23. The highest BCUT2D eigenvalue weighted by Gasteiger charge is 2.09. The van der Waals surface area contributed by atoms with Gasteiger partial charge in [-0.2, -0.15) is 0 Å². The van der Waals surface area contributed by atoms with Crippen LogP contribution in [0.2, 0.25) is 0 Å². The molecule has 0 rings (SSSR count). The van der Waals surface area contributed by atoms with Crippen molar-refractivity contribution < 1.29 is 5.11 Å². The van der Waals surface area contributed by atoms with E-state index < -0.39 is 0 Å². The highest BCUT2D eigenvalue weighted by molar-refractivity contribution is 4.68. The van der Waals surface area contributed by atoms with E-state index in [1.807, 2.05) is 0 Å². The molecule has 104 valence electrons. The lowest BCUT2D eigenvalue weighted by atomic mass is 10.2. The van der Waals surface area contributed by atoms with Gasteiger partial charge in [-0.3, -0.25) is 0 Å². The van der Waals surface area contributed by atoms with Crippen LogP contribution < -0.4 is 5.32 Å². The first-order valence-electron chi connectivity index (χ1n) is 6.85. The molecule has 17 heavy (non-hydrogen) atoms. The Morgan fingerprint density at radius 3 is 2.24 bits per heavy atom. The summed E-state index contributed by atoms with van der Waals surface area (Å²) in [7, 11) is 4.22. The molecule has 0 spiro atoms. The smallest absolute Gasteiger partial charge is 0.0585 e. The molecule has 0 saturated heterocycles. The summed E-state index contributed by atoms with van der Waals surface area (Å²) in [5.41, 5.74) is 0. The molecule has 0 fully saturated rings. The molecule has 0 heterocycles. The summed E-state index contributed by atoms with van der Waals surface area (Å²) in [5.74, 6) is 0. The van der Waals surface area contributed by atoms with Crippen molar-refractivity contribution >= 4 is 0 Å². The van der Waals surface area contributed by atoms with Crippen molar-refractivity contribution in [1.82, 2.24) is 15.1 Å². The number of nitrogens with zero attached hydrogens (tertiary/aromatic N) is 2. The Hall–Kier alpha value is -0.160. The lowest BCUT2D eigenvalue weighted by Gasteiger charge is -2.25. The second-order valence-corrected chi connectivity index (χ2v) is 4.87. The molecule has 4 heteroatoms. The first-order valence-corrected chi connectivity index (χ1v) is 6.85. The molecule has 0 saturated carbocycles. The maximum absolute atomic E-state index is 9.23. The predicted octanol–water partition coefficient (Wildman–Crippen LogP) is 0.621. The van der Waals surface area contributed by atoms with Crippen LogP contribution in [-0.4, -0.2) is 74.4 Å². The van der Waals surface area contributed by atoms with Crippen LogP contribution in [0.15, 0.2) is 0 Å². The van der Waals surface area contributed by atoms with Crippen LogP contribution in [0.3, 0.4) is 0 Å². The summed E-state index contributed by atoms with van der Waals surface area (Å²) in [6.07, 6.45) is 2.22. The lowest BCUT2D eigenvalue weighted by Crippen LogP contribution is -2.39. The molecule has 4 nitrogen and oxygen atoms in total. The molecule has 1 atom stereocenters. The number of aliphatic hydroxyl groups excluding tert-OH is 1. The third-order valence-corrected chi connectivity index (χ3v) is 2.91. The van der Waals surface area contributed by atoms with Crippen molar-refractivity contribution in [2.75, 3.05) is 53.4 Å². The highest BCUT2D eigenvalue weighted by Crippen LogP contribution is 1.98. The SMILES string of the molecule is CCCN(CCC(CO)NCC)CCN(C)C. The maximum Gasteiger partial charge on any atom is 0.0585 e. The molecule has 0 radical (unpaired) electrons. The Kier molecular flexibility index (Phi) is 10.9. The fourth-order valence-electron chi connectivity index (χ4n) is 1.88. The molecule has 0 aliphatic rings. The number of hydrogen-bond donors (Lipinski definition) is 2. The van der Waals surface area contributed by atoms with Gasteiger partial charge in [0, 0.05) is 19.1 Å². The second kappa shape index (κ2) is 11.0. The molecule has 0 aromatic carbocycles. The van der Waals surface area contributed by atoms with Gasteiger partial charge in [-0.15, -0.1) is 0 Å². The van der Waals surface area contributed by atoms with Gasteiger partial charge in [0.25, 0.3) is 0 Å². The zero-order valence-corrected chi connectivity index (χ0v) is 12.1. The predicted molar refractivity (Wildman–Crippen MR) is 74.5 cm³/mol. The molecule has 0 aromatic rings. The van der Waals surface area contributed by atoms with Gasteiger partial charge in [0.1, 0.15) is 0 Å². The van der Waals surface area contributed by atoms with Gasteiger partial charge >= 0.3 is 0 Å². The quantitative estimate of drug-likeness (QED) is 0.560. The Bertz CT molecular complexity index is 165. The molecular weight excluding hydrogens is 214 g/mol. The molecule has 0 amide bonds. The van der Waals surface area contributed by atoms with E-state index in [-0.39, 0.29) is 12.6 Å². The molecular formula is C13H31N3O. The number of hydrogen-bond acceptors (Lipinski definition) is 4. The van der Waals surface area contributed by atoms with Crippen LogP contribution >= 0.6 is 0 Å². The third-order valence-electron chi connectivity index (χ3n) is 2.91. The van der Waals surface area contributed by atoms with Crippen molar-refractivity contribution in [3.8, 4) is 0 Å². The summed E-state index contributed by atoms with van der Waals surface area (Å²) < 4.78 is 0. The number of rotatable bonds is 11. The van der Waals surface area contributed by atoms with Gasteiger partial charge in [-0.05, 0) is 46.6 Å². The average Bonchev–Trinajstić information content (AvgIpc) is 2.30. The minimum Gasteiger partial charge on any atom is -0.395 e. The van der Waals surface area contributed by atoms with Gasteiger partial charge < -0.3 is 20.2 Å². The number of aliphatic hydroxyl groups is 1. The lowest BCUT2D eigenvalue weighted by molar-refractivity contribution is 0.197. The zero-order chi connectivity index (χ0) is 13.1. The van der Waals surface area contributed by atoms with Crippen LogP contribution in [0.1, 0.15) is 26.7 Å². The van der Waals surface area contributed by atoms with Crippen LogP contribution in [0, 0.1) is 0 Å². The molecule has 0 aliphatic heterocycles. The minimum atomic E-state index is 0.238. The van der Waals surface area contributed by atoms with Crippen LogP contribution in [0.4, 0.5) is 0 Å². The third kappa shape index (κ3) is 9.53. The normalized spacial score (nSPS) is 13.6. The fourth-order valence-corrected chi connectivity index (χ4v) is 1.88. The summed E-state index contributed by atoms with van der Waals surface area (Å²) in [6.45, 7) is 9.90. The van der Waals surface area contributed by atoms with E-state index in [0.717, 1.165) is 39.1 Å². The summed E-state index contributed by atoms with van der Waals surface area (Å²) >= 11 is 0. The van der Waals surface area contributed by atoms with Crippen molar-refractivity contribution in [2.24, 2.45) is 0 Å². The highest BCUT2D eigenvalue weighted by atomic mass is 16.3. The van der Waals surface area contributed by atoms with Crippen molar-refractivity contribution in [2.45, 2.75) is 32.7 Å². The Balaban J connectivity index is 3.88. The monoisotopic (exact) mass is 245 g/mol. The second-order valence-electron chi connectivity index (χ2n) is 4.87. The van der Waals surface area contributed by atoms with Crippen molar-refractivity contribution in [1.29, 1.82) is 0 Å². The van der Waals surface area contributed by atoms with Crippen LogP contribution in [-0.2, 0) is 0 Å². The Morgan fingerprint density at radius 1 is 1.06 bits per heavy atom. The van der Waals surface area contributed by atoms with Crippen molar-refractivity contribution in [3.05, 3.63) is 0 Å². The molecule has 2 N–H and O–H groups in total. The summed E-state index contributed by atoms with van der Waals surface area (Å²) in [6, 6.07) is 0.249. The standard InChI is InChI=1S/C13H31N3O/c1-5-8-16(11-10-15(3)4)9-7-13(12-17)14-6-2/h13-14,17H,5-12H2,1-4H3. The Morgan fingerprint density at radius 2 is 1.76 bits per heavy atom. The fraction of sp³-hybridized carbons (Fsp3) is 1.00. The topological polar surface area (TPSA) is 38.7 Å². The van der Waals surface area contributed by atoms with Gasteiger partial charge in [0.05, 0.1) is 6.61 Å². The van der Waals surface area contributed by atoms with E-state index in [4.69, 9.17) is 0 Å². The van der Waals surface area contributed by atoms with Gasteiger partial charge in [-0.1, -0.05) is 13.8 Å².